The molecule has 0 unspecified atom stereocenters. The van der Waals surface area contributed by atoms with Gasteiger partial charge in [-0.3, -0.25) is 0 Å². The van der Waals surface area contributed by atoms with Crippen molar-refractivity contribution in [3.63, 3.8) is 0 Å². The van der Waals surface area contributed by atoms with Crippen molar-refractivity contribution in [3.8, 4) is 11.5 Å². The molecule has 0 aromatic heterocycles. The van der Waals surface area contributed by atoms with Crippen molar-refractivity contribution in [2.45, 2.75) is 19.5 Å². The first-order chi connectivity index (χ1) is 10.1. The SMILES string of the molecule is COc1ccc(OC)c(CN[C@@H](C)c2cccc(Br)c2)c1. The second-order valence-electron chi connectivity index (χ2n) is 4.84. The van der Waals surface area contributed by atoms with Crippen LogP contribution in [0.25, 0.3) is 0 Å². The maximum absolute atomic E-state index is 5.40. The molecule has 2 aromatic carbocycles. The standard InChI is InChI=1S/C17H20BrNO2/c1-12(13-5-4-6-15(18)9-13)19-11-14-10-16(20-2)7-8-17(14)21-3/h4-10,12,19H,11H2,1-3H3/t12-/m0/s1. The topological polar surface area (TPSA) is 30.5 Å². The van der Waals surface area contributed by atoms with E-state index in [1.54, 1.807) is 14.2 Å². The molecule has 0 aliphatic heterocycles. The van der Waals surface area contributed by atoms with Gasteiger partial charge < -0.3 is 14.8 Å². The maximum Gasteiger partial charge on any atom is 0.123 e. The normalized spacial score (nSPS) is 12.0. The second-order valence-corrected chi connectivity index (χ2v) is 5.75. The highest BCUT2D eigenvalue weighted by atomic mass is 79.9. The maximum atomic E-state index is 5.40. The van der Waals surface area contributed by atoms with Crippen molar-refractivity contribution in [2.75, 3.05) is 14.2 Å². The van der Waals surface area contributed by atoms with Crippen LogP contribution in [0.15, 0.2) is 46.9 Å². The zero-order valence-corrected chi connectivity index (χ0v) is 14.1. The predicted octanol–water partition coefficient (Wildman–Crippen LogP) is 4.32. The lowest BCUT2D eigenvalue weighted by molar-refractivity contribution is 0.395. The lowest BCUT2D eigenvalue weighted by Crippen LogP contribution is -2.18. The number of rotatable bonds is 6. The molecular weight excluding hydrogens is 330 g/mol. The van der Waals surface area contributed by atoms with E-state index in [1.165, 1.54) is 5.56 Å². The summed E-state index contributed by atoms with van der Waals surface area (Å²) in [5.41, 5.74) is 2.32. The number of nitrogens with one attached hydrogen (secondary N) is 1. The van der Waals surface area contributed by atoms with Crippen molar-refractivity contribution in [2.24, 2.45) is 0 Å². The fourth-order valence-corrected chi connectivity index (χ4v) is 2.59. The van der Waals surface area contributed by atoms with Crippen LogP contribution in [0.1, 0.15) is 24.1 Å². The Morgan fingerprint density at radius 2 is 1.90 bits per heavy atom. The molecular formula is C17H20BrNO2. The Bertz CT molecular complexity index is 601. The smallest absolute Gasteiger partial charge is 0.123 e. The summed E-state index contributed by atoms with van der Waals surface area (Å²) in [7, 11) is 3.35. The zero-order chi connectivity index (χ0) is 15.2. The summed E-state index contributed by atoms with van der Waals surface area (Å²) in [6, 6.07) is 14.4. The van der Waals surface area contributed by atoms with Gasteiger partial charge in [-0.15, -0.1) is 0 Å². The highest BCUT2D eigenvalue weighted by Crippen LogP contribution is 2.25. The molecule has 21 heavy (non-hydrogen) atoms. The van der Waals surface area contributed by atoms with Crippen molar-refractivity contribution < 1.29 is 9.47 Å². The molecule has 0 radical (unpaired) electrons. The van der Waals surface area contributed by atoms with Crippen molar-refractivity contribution >= 4 is 15.9 Å². The quantitative estimate of drug-likeness (QED) is 0.842. The minimum atomic E-state index is 0.249. The predicted molar refractivity (Wildman–Crippen MR) is 88.9 cm³/mol. The van der Waals surface area contributed by atoms with E-state index in [0.717, 1.165) is 21.5 Å². The van der Waals surface area contributed by atoms with Crippen LogP contribution >= 0.6 is 15.9 Å². The van der Waals surface area contributed by atoms with Crippen molar-refractivity contribution in [1.29, 1.82) is 0 Å². The summed E-state index contributed by atoms with van der Waals surface area (Å²) in [6.45, 7) is 2.86. The first-order valence-corrected chi connectivity index (χ1v) is 7.63. The van der Waals surface area contributed by atoms with E-state index >= 15 is 0 Å². The lowest BCUT2D eigenvalue weighted by Gasteiger charge is -2.16. The summed E-state index contributed by atoms with van der Waals surface area (Å²) in [6.07, 6.45) is 0. The number of hydrogen-bond donors (Lipinski definition) is 1. The number of ether oxygens (including phenoxy) is 2. The molecule has 0 fully saturated rings. The first kappa shape index (κ1) is 15.9. The molecule has 0 saturated carbocycles. The summed E-state index contributed by atoms with van der Waals surface area (Å²) in [5.74, 6) is 1.70. The summed E-state index contributed by atoms with van der Waals surface area (Å²) in [5, 5.41) is 3.51. The molecule has 0 aliphatic carbocycles. The number of benzene rings is 2. The number of methoxy groups -OCH3 is 2. The van der Waals surface area contributed by atoms with Crippen LogP contribution in [-0.4, -0.2) is 14.2 Å². The van der Waals surface area contributed by atoms with Crippen LogP contribution in [0.2, 0.25) is 0 Å². The Morgan fingerprint density at radius 1 is 1.10 bits per heavy atom. The average molecular weight is 350 g/mol. The molecule has 0 heterocycles. The van der Waals surface area contributed by atoms with Crippen molar-refractivity contribution in [1.82, 2.24) is 5.32 Å². The van der Waals surface area contributed by atoms with Crippen LogP contribution < -0.4 is 14.8 Å². The van der Waals surface area contributed by atoms with E-state index in [4.69, 9.17) is 9.47 Å². The molecule has 0 saturated heterocycles. The fourth-order valence-electron chi connectivity index (χ4n) is 2.18. The van der Waals surface area contributed by atoms with Gasteiger partial charge in [0, 0.05) is 22.6 Å². The monoisotopic (exact) mass is 349 g/mol. The Hall–Kier alpha value is -1.52. The van der Waals surface area contributed by atoms with Crippen LogP contribution in [0, 0.1) is 0 Å². The molecule has 1 N–H and O–H groups in total. The summed E-state index contributed by atoms with van der Waals surface area (Å²) < 4.78 is 11.8. The average Bonchev–Trinajstić information content (AvgIpc) is 2.52. The van der Waals surface area contributed by atoms with E-state index in [9.17, 15) is 0 Å². The molecule has 2 aromatic rings. The molecule has 0 amide bonds. The van der Waals surface area contributed by atoms with E-state index in [-0.39, 0.29) is 6.04 Å². The van der Waals surface area contributed by atoms with Gasteiger partial charge in [0.1, 0.15) is 11.5 Å². The van der Waals surface area contributed by atoms with Gasteiger partial charge in [-0.05, 0) is 42.8 Å². The van der Waals surface area contributed by atoms with Gasteiger partial charge >= 0.3 is 0 Å². The van der Waals surface area contributed by atoms with Crippen LogP contribution in [-0.2, 0) is 6.54 Å². The van der Waals surface area contributed by atoms with Gasteiger partial charge in [-0.25, -0.2) is 0 Å². The van der Waals surface area contributed by atoms with Gasteiger partial charge in [0.25, 0.3) is 0 Å². The van der Waals surface area contributed by atoms with Gasteiger partial charge in [0.05, 0.1) is 14.2 Å². The number of halogens is 1. The molecule has 0 aliphatic rings. The zero-order valence-electron chi connectivity index (χ0n) is 12.5. The Kier molecular flexibility index (Phi) is 5.65. The third-order valence-electron chi connectivity index (χ3n) is 3.43. The highest BCUT2D eigenvalue weighted by molar-refractivity contribution is 9.10. The third kappa shape index (κ3) is 4.22. The summed E-state index contributed by atoms with van der Waals surface area (Å²) in [4.78, 5) is 0. The molecule has 2 rings (SSSR count). The molecule has 112 valence electrons. The molecule has 0 bridgehead atoms. The Labute approximate surface area is 134 Å². The first-order valence-electron chi connectivity index (χ1n) is 6.83. The van der Waals surface area contributed by atoms with Gasteiger partial charge in [-0.2, -0.15) is 0 Å². The largest absolute Gasteiger partial charge is 0.497 e. The van der Waals surface area contributed by atoms with E-state index in [2.05, 4.69) is 40.3 Å². The van der Waals surface area contributed by atoms with Gasteiger partial charge in [-0.1, -0.05) is 28.1 Å². The summed E-state index contributed by atoms with van der Waals surface area (Å²) >= 11 is 3.50. The van der Waals surface area contributed by atoms with Crippen LogP contribution in [0.4, 0.5) is 0 Å². The molecule has 0 spiro atoms. The van der Waals surface area contributed by atoms with E-state index in [0.29, 0.717) is 6.54 Å². The van der Waals surface area contributed by atoms with E-state index in [1.807, 2.05) is 30.3 Å². The Morgan fingerprint density at radius 3 is 2.57 bits per heavy atom. The second kappa shape index (κ2) is 7.48. The molecule has 4 heteroatoms. The fraction of sp³-hybridized carbons (Fsp3) is 0.294. The third-order valence-corrected chi connectivity index (χ3v) is 3.93. The van der Waals surface area contributed by atoms with E-state index < -0.39 is 0 Å². The minimum absolute atomic E-state index is 0.249. The minimum Gasteiger partial charge on any atom is -0.497 e. The number of hydrogen-bond acceptors (Lipinski definition) is 3. The van der Waals surface area contributed by atoms with Crippen LogP contribution in [0.5, 0.6) is 11.5 Å². The van der Waals surface area contributed by atoms with Crippen LogP contribution in [0.3, 0.4) is 0 Å². The Balaban J connectivity index is 2.08. The lowest BCUT2D eigenvalue weighted by atomic mass is 10.1. The molecule has 1 atom stereocenters. The highest BCUT2D eigenvalue weighted by Gasteiger charge is 2.09. The van der Waals surface area contributed by atoms with Crippen molar-refractivity contribution in [3.05, 3.63) is 58.1 Å². The van der Waals surface area contributed by atoms with Gasteiger partial charge in [0.2, 0.25) is 0 Å². The molecule has 3 nitrogen and oxygen atoms in total. The van der Waals surface area contributed by atoms with Gasteiger partial charge in [0.15, 0.2) is 0 Å².